The van der Waals surface area contributed by atoms with Gasteiger partial charge in [-0.3, -0.25) is 14.2 Å². The van der Waals surface area contributed by atoms with Crippen molar-refractivity contribution in [1.29, 1.82) is 0 Å². The Morgan fingerprint density at radius 1 is 1.24 bits per heavy atom. The van der Waals surface area contributed by atoms with Gasteiger partial charge < -0.3 is 15.2 Å². The smallest absolute Gasteiger partial charge is 0.259 e. The summed E-state index contributed by atoms with van der Waals surface area (Å²) in [6, 6.07) is 4.12. The van der Waals surface area contributed by atoms with Gasteiger partial charge in [0.1, 0.15) is 12.2 Å². The molecule has 1 atom stereocenters. The number of pyridine rings is 2. The van der Waals surface area contributed by atoms with Crippen LogP contribution in [0.15, 0.2) is 43.2 Å². The molecule has 0 spiro atoms. The van der Waals surface area contributed by atoms with E-state index in [-0.39, 0.29) is 17.0 Å². The Labute approximate surface area is 220 Å². The summed E-state index contributed by atoms with van der Waals surface area (Å²) in [5.41, 5.74) is 2.69. The second-order valence-corrected chi connectivity index (χ2v) is 11.2. The summed E-state index contributed by atoms with van der Waals surface area (Å²) in [6.07, 6.45) is 13.6. The van der Waals surface area contributed by atoms with Gasteiger partial charge in [0.2, 0.25) is 5.95 Å². The lowest BCUT2D eigenvalue weighted by molar-refractivity contribution is 0.102. The van der Waals surface area contributed by atoms with E-state index < -0.39 is 5.95 Å². The third-order valence-electron chi connectivity index (χ3n) is 8.43. The van der Waals surface area contributed by atoms with E-state index >= 15 is 0 Å². The van der Waals surface area contributed by atoms with Crippen LogP contribution in [0.5, 0.6) is 0 Å². The topological polar surface area (TPSA) is 102 Å². The third-order valence-corrected chi connectivity index (χ3v) is 8.43. The monoisotopic (exact) mass is 516 g/mol. The van der Waals surface area contributed by atoms with Crippen LogP contribution in [0.25, 0.3) is 5.65 Å². The predicted octanol–water partition coefficient (Wildman–Crippen LogP) is 4.24. The van der Waals surface area contributed by atoms with Crippen molar-refractivity contribution in [3.05, 3.63) is 71.7 Å². The minimum atomic E-state index is -0.503. The van der Waals surface area contributed by atoms with Crippen LogP contribution in [0.3, 0.4) is 0 Å². The number of hydrogen-bond donors (Lipinski definition) is 2. The molecule has 198 valence electrons. The molecule has 4 heterocycles. The highest BCUT2D eigenvalue weighted by Gasteiger charge is 2.48. The lowest BCUT2D eigenvalue weighted by Gasteiger charge is -2.45. The van der Waals surface area contributed by atoms with Gasteiger partial charge in [-0.25, -0.2) is 4.98 Å². The minimum absolute atomic E-state index is 0.281. The van der Waals surface area contributed by atoms with E-state index in [2.05, 4.69) is 44.6 Å². The molecule has 6 rings (SSSR count). The molecule has 4 aromatic rings. The molecule has 2 fully saturated rings. The highest BCUT2D eigenvalue weighted by molar-refractivity contribution is 6.08. The second kappa shape index (κ2) is 9.58. The molecule has 0 saturated heterocycles. The normalized spacial score (nSPS) is 22.2. The first kappa shape index (κ1) is 24.7. The zero-order valence-electron chi connectivity index (χ0n) is 22.0. The lowest BCUT2D eigenvalue weighted by atomic mass is 9.59. The molecule has 2 aliphatic rings. The number of fused-ring (bicyclic) bond motifs is 1. The van der Waals surface area contributed by atoms with Crippen LogP contribution in [-0.4, -0.2) is 41.1 Å². The summed E-state index contributed by atoms with van der Waals surface area (Å²) in [5, 5.41) is 15.0. The second-order valence-electron chi connectivity index (χ2n) is 11.2. The molecule has 10 heteroatoms. The van der Waals surface area contributed by atoms with Crippen LogP contribution in [0.4, 0.5) is 10.1 Å². The number of nitrogens with zero attached hydrogens (tertiary/aromatic N) is 6. The van der Waals surface area contributed by atoms with Gasteiger partial charge in [-0.1, -0.05) is 13.3 Å². The Morgan fingerprint density at radius 2 is 2.05 bits per heavy atom. The highest BCUT2D eigenvalue weighted by atomic mass is 19.1. The molecule has 4 aromatic heterocycles. The first-order chi connectivity index (χ1) is 18.3. The molecule has 0 aromatic carbocycles. The number of hydrogen-bond acceptors (Lipinski definition) is 6. The number of halogens is 1. The van der Waals surface area contributed by atoms with E-state index in [0.717, 1.165) is 36.0 Å². The molecule has 0 radical (unpaired) electrons. The molecule has 2 aliphatic carbocycles. The van der Waals surface area contributed by atoms with E-state index in [4.69, 9.17) is 0 Å². The van der Waals surface area contributed by atoms with Gasteiger partial charge in [0.15, 0.2) is 5.65 Å². The Bertz CT molecular complexity index is 1480. The van der Waals surface area contributed by atoms with Crippen molar-refractivity contribution >= 4 is 17.2 Å². The maximum Gasteiger partial charge on any atom is 0.259 e. The molecule has 1 amide bonds. The summed E-state index contributed by atoms with van der Waals surface area (Å²) in [6.45, 7) is 4.95. The van der Waals surface area contributed by atoms with E-state index in [9.17, 15) is 9.18 Å². The van der Waals surface area contributed by atoms with Gasteiger partial charge in [0, 0.05) is 32.0 Å². The number of carbonyl (C=O) groups excluding carboxylic acids is 1. The van der Waals surface area contributed by atoms with Crippen LogP contribution in [0, 0.1) is 17.8 Å². The number of aromatic nitrogens is 6. The highest BCUT2D eigenvalue weighted by Crippen LogP contribution is 2.51. The molecule has 38 heavy (non-hydrogen) atoms. The average Bonchev–Trinajstić information content (AvgIpc) is 3.44. The zero-order chi connectivity index (χ0) is 26.4. The predicted molar refractivity (Wildman–Crippen MR) is 141 cm³/mol. The third kappa shape index (κ3) is 4.26. The average molecular weight is 517 g/mol. The zero-order valence-corrected chi connectivity index (χ0v) is 22.0. The van der Waals surface area contributed by atoms with Gasteiger partial charge in [-0.05, 0) is 67.7 Å². The molecular formula is C28H33FN8O. The van der Waals surface area contributed by atoms with E-state index in [1.807, 2.05) is 23.9 Å². The number of aryl methyl sites for hydroxylation is 1. The van der Waals surface area contributed by atoms with Gasteiger partial charge >= 0.3 is 0 Å². The number of rotatable bonds is 8. The van der Waals surface area contributed by atoms with Crippen LogP contribution < -0.4 is 10.6 Å². The van der Waals surface area contributed by atoms with Gasteiger partial charge in [0.25, 0.3) is 5.91 Å². The SMILES string of the molecule is CC1CC(c2cncc(NC(=O)c3cc(CN[C@@H](C)C4CCC4)cn4c(F)cnc34)c2)(c2nncn2C)C1. The summed E-state index contributed by atoms with van der Waals surface area (Å²) < 4.78 is 17.8. The molecule has 9 nitrogen and oxygen atoms in total. The standard InChI is InChI=1S/C28H33FN8O/c1-17-9-28(10-17,27-35-33-16-36(27)3)21-8-22(13-30-12-21)34-26(38)23-7-19(11-31-18(2)20-5-4-6-20)15-37-24(29)14-32-25(23)37/h7-8,12-18,20,31H,4-6,9-11H2,1-3H3,(H,34,38)/t17?,18-,28?/m0/s1. The number of anilines is 1. The molecule has 0 bridgehead atoms. The Balaban J connectivity index is 1.27. The fraction of sp³-hybridized carbons (Fsp3) is 0.464. The van der Waals surface area contributed by atoms with Gasteiger partial charge in [-0.2, -0.15) is 4.39 Å². The number of amides is 1. The molecule has 0 aliphatic heterocycles. The fourth-order valence-electron chi connectivity index (χ4n) is 6.13. The van der Waals surface area contributed by atoms with Crippen molar-refractivity contribution in [1.82, 2.24) is 34.4 Å². The number of nitrogens with one attached hydrogen (secondary N) is 2. The van der Waals surface area contributed by atoms with Crippen LogP contribution in [-0.2, 0) is 19.0 Å². The fourth-order valence-corrected chi connectivity index (χ4v) is 6.13. The van der Waals surface area contributed by atoms with E-state index in [1.54, 1.807) is 24.8 Å². The maximum absolute atomic E-state index is 14.5. The van der Waals surface area contributed by atoms with Crippen molar-refractivity contribution in [2.45, 2.75) is 64.0 Å². The Morgan fingerprint density at radius 3 is 2.74 bits per heavy atom. The first-order valence-corrected chi connectivity index (χ1v) is 13.3. The summed E-state index contributed by atoms with van der Waals surface area (Å²) in [4.78, 5) is 22.1. The molecule has 2 N–H and O–H groups in total. The van der Waals surface area contributed by atoms with Gasteiger partial charge in [-0.15, -0.1) is 10.2 Å². The summed E-state index contributed by atoms with van der Waals surface area (Å²) in [5.74, 6) is 1.26. The largest absolute Gasteiger partial charge is 0.320 e. The number of imidazole rings is 1. The Hall–Kier alpha value is -3.66. The quantitative estimate of drug-likeness (QED) is 0.363. The van der Waals surface area contributed by atoms with Crippen molar-refractivity contribution in [2.24, 2.45) is 18.9 Å². The number of carbonyl (C=O) groups is 1. The minimum Gasteiger partial charge on any atom is -0.320 e. The molecule has 0 unspecified atom stereocenters. The summed E-state index contributed by atoms with van der Waals surface area (Å²) >= 11 is 0. The van der Waals surface area contributed by atoms with E-state index in [1.165, 1.54) is 23.7 Å². The van der Waals surface area contributed by atoms with Crippen molar-refractivity contribution in [3.63, 3.8) is 0 Å². The van der Waals surface area contributed by atoms with Crippen molar-refractivity contribution in [3.8, 4) is 0 Å². The van der Waals surface area contributed by atoms with Crippen LogP contribution in [0.1, 0.15) is 73.3 Å². The van der Waals surface area contributed by atoms with Crippen LogP contribution >= 0.6 is 0 Å². The first-order valence-electron chi connectivity index (χ1n) is 13.3. The Kier molecular flexibility index (Phi) is 6.22. The van der Waals surface area contributed by atoms with E-state index in [0.29, 0.717) is 35.7 Å². The maximum atomic E-state index is 14.5. The molecular weight excluding hydrogens is 483 g/mol. The molecule has 2 saturated carbocycles. The van der Waals surface area contributed by atoms with Crippen molar-refractivity contribution in [2.75, 3.05) is 5.32 Å². The lowest BCUT2D eigenvalue weighted by Crippen LogP contribution is -2.43. The summed E-state index contributed by atoms with van der Waals surface area (Å²) in [7, 11) is 1.95. The van der Waals surface area contributed by atoms with Crippen LogP contribution in [0.2, 0.25) is 0 Å². The van der Waals surface area contributed by atoms with Crippen molar-refractivity contribution < 1.29 is 9.18 Å². The van der Waals surface area contributed by atoms with Gasteiger partial charge in [0.05, 0.1) is 29.1 Å².